The maximum absolute atomic E-state index is 11.0. The molecule has 2 bridgehead atoms. The second-order valence-corrected chi connectivity index (χ2v) is 4.28. The first-order valence-electron chi connectivity index (χ1n) is 5.20. The van der Waals surface area contributed by atoms with Crippen molar-refractivity contribution in [1.29, 1.82) is 0 Å². The van der Waals surface area contributed by atoms with Crippen LogP contribution >= 0.6 is 0 Å². The first-order chi connectivity index (χ1) is 6.24. The lowest BCUT2D eigenvalue weighted by Crippen LogP contribution is -2.44. The Hall–Kier alpha value is -0.570. The van der Waals surface area contributed by atoms with E-state index in [9.17, 15) is 4.79 Å². The Kier molecular flexibility index (Phi) is 2.28. The summed E-state index contributed by atoms with van der Waals surface area (Å²) in [5.41, 5.74) is 0. The van der Waals surface area contributed by atoms with Crippen molar-refractivity contribution in [3.05, 3.63) is 0 Å². The molecule has 0 aromatic heterocycles. The fourth-order valence-electron chi connectivity index (χ4n) is 3.18. The molecule has 13 heavy (non-hydrogen) atoms. The van der Waals surface area contributed by atoms with E-state index in [1.165, 1.54) is 6.42 Å². The van der Waals surface area contributed by atoms with Crippen molar-refractivity contribution in [2.45, 2.75) is 32.2 Å². The molecular formula is C10H17NO2. The van der Waals surface area contributed by atoms with Crippen LogP contribution in [0.1, 0.15) is 26.2 Å². The molecule has 3 nitrogen and oxygen atoms in total. The van der Waals surface area contributed by atoms with Gasteiger partial charge in [-0.15, -0.1) is 0 Å². The van der Waals surface area contributed by atoms with Crippen molar-refractivity contribution in [3.8, 4) is 0 Å². The SMILES string of the molecule is CCNC1C2CCC(C2)C1C(=O)O. The van der Waals surface area contributed by atoms with E-state index in [-0.39, 0.29) is 12.0 Å². The lowest BCUT2D eigenvalue weighted by Gasteiger charge is -2.28. The summed E-state index contributed by atoms with van der Waals surface area (Å²) in [5, 5.41) is 12.4. The van der Waals surface area contributed by atoms with E-state index in [0.717, 1.165) is 19.4 Å². The maximum atomic E-state index is 11.0. The molecule has 0 radical (unpaired) electrons. The van der Waals surface area contributed by atoms with Crippen LogP contribution in [-0.2, 0) is 4.79 Å². The number of carbonyl (C=O) groups is 1. The highest BCUT2D eigenvalue weighted by Gasteiger charge is 2.50. The summed E-state index contributed by atoms with van der Waals surface area (Å²) in [6.07, 6.45) is 3.49. The quantitative estimate of drug-likeness (QED) is 0.688. The van der Waals surface area contributed by atoms with E-state index in [2.05, 4.69) is 5.32 Å². The van der Waals surface area contributed by atoms with Crippen LogP contribution in [0.2, 0.25) is 0 Å². The van der Waals surface area contributed by atoms with E-state index in [0.29, 0.717) is 11.8 Å². The number of nitrogens with one attached hydrogen (secondary N) is 1. The van der Waals surface area contributed by atoms with Crippen molar-refractivity contribution in [2.75, 3.05) is 6.54 Å². The van der Waals surface area contributed by atoms with E-state index >= 15 is 0 Å². The second kappa shape index (κ2) is 3.29. The van der Waals surface area contributed by atoms with Crippen molar-refractivity contribution in [1.82, 2.24) is 5.32 Å². The first kappa shape index (κ1) is 9.00. The topological polar surface area (TPSA) is 49.3 Å². The molecule has 0 aliphatic heterocycles. The summed E-state index contributed by atoms with van der Waals surface area (Å²) < 4.78 is 0. The Labute approximate surface area is 78.5 Å². The molecule has 2 fully saturated rings. The van der Waals surface area contributed by atoms with Crippen molar-refractivity contribution in [2.24, 2.45) is 17.8 Å². The number of carboxylic acids is 1. The predicted molar refractivity (Wildman–Crippen MR) is 49.4 cm³/mol. The highest BCUT2D eigenvalue weighted by Crippen LogP contribution is 2.48. The number of rotatable bonds is 3. The molecule has 2 rings (SSSR count). The Morgan fingerprint density at radius 2 is 2.15 bits per heavy atom. The third-order valence-electron chi connectivity index (χ3n) is 3.64. The van der Waals surface area contributed by atoms with Crippen LogP contribution in [0.5, 0.6) is 0 Å². The van der Waals surface area contributed by atoms with E-state index < -0.39 is 5.97 Å². The van der Waals surface area contributed by atoms with Crippen LogP contribution in [-0.4, -0.2) is 23.7 Å². The highest BCUT2D eigenvalue weighted by molar-refractivity contribution is 5.72. The molecule has 74 valence electrons. The van der Waals surface area contributed by atoms with Gasteiger partial charge >= 0.3 is 5.97 Å². The summed E-state index contributed by atoms with van der Waals surface area (Å²) in [5.74, 6) is 0.370. The molecule has 0 amide bonds. The Morgan fingerprint density at radius 3 is 2.77 bits per heavy atom. The molecule has 4 atom stereocenters. The number of hydrogen-bond acceptors (Lipinski definition) is 2. The molecule has 2 saturated carbocycles. The van der Waals surface area contributed by atoms with Gasteiger partial charge in [0.15, 0.2) is 0 Å². The normalized spacial score (nSPS) is 42.5. The number of hydrogen-bond donors (Lipinski definition) is 2. The van der Waals surface area contributed by atoms with Gasteiger partial charge in [0.2, 0.25) is 0 Å². The first-order valence-corrected chi connectivity index (χ1v) is 5.20. The number of aliphatic carboxylic acids is 1. The smallest absolute Gasteiger partial charge is 0.308 e. The van der Waals surface area contributed by atoms with Gasteiger partial charge < -0.3 is 10.4 Å². The van der Waals surface area contributed by atoms with Gasteiger partial charge in [0.25, 0.3) is 0 Å². The Morgan fingerprint density at radius 1 is 1.46 bits per heavy atom. The largest absolute Gasteiger partial charge is 0.481 e. The molecule has 0 heterocycles. The van der Waals surface area contributed by atoms with Crippen molar-refractivity contribution >= 4 is 5.97 Å². The molecular weight excluding hydrogens is 166 g/mol. The number of carboxylic acid groups (broad SMARTS) is 1. The average Bonchev–Trinajstić information content (AvgIpc) is 2.63. The monoisotopic (exact) mass is 183 g/mol. The summed E-state index contributed by atoms with van der Waals surface area (Å²) in [6, 6.07) is 0.251. The minimum atomic E-state index is -0.599. The third kappa shape index (κ3) is 1.35. The zero-order valence-electron chi connectivity index (χ0n) is 7.99. The molecule has 4 unspecified atom stereocenters. The number of fused-ring (bicyclic) bond motifs is 2. The van der Waals surface area contributed by atoms with Gasteiger partial charge in [0.1, 0.15) is 0 Å². The lowest BCUT2D eigenvalue weighted by atomic mass is 9.84. The molecule has 2 aliphatic carbocycles. The van der Waals surface area contributed by atoms with Crippen LogP contribution in [0, 0.1) is 17.8 Å². The van der Waals surface area contributed by atoms with Gasteiger partial charge in [-0.1, -0.05) is 6.92 Å². The van der Waals surface area contributed by atoms with Crippen LogP contribution in [0.15, 0.2) is 0 Å². The molecule has 0 spiro atoms. The summed E-state index contributed by atoms with van der Waals surface area (Å²) >= 11 is 0. The van der Waals surface area contributed by atoms with E-state index in [4.69, 9.17) is 5.11 Å². The van der Waals surface area contributed by atoms with Gasteiger partial charge in [-0.25, -0.2) is 0 Å². The zero-order valence-corrected chi connectivity index (χ0v) is 7.99. The van der Waals surface area contributed by atoms with E-state index in [1.54, 1.807) is 0 Å². The van der Waals surface area contributed by atoms with Crippen molar-refractivity contribution in [3.63, 3.8) is 0 Å². The Balaban J connectivity index is 2.10. The molecule has 2 aliphatic rings. The Bertz CT molecular complexity index is 217. The second-order valence-electron chi connectivity index (χ2n) is 4.28. The van der Waals surface area contributed by atoms with Crippen LogP contribution in [0.25, 0.3) is 0 Å². The minimum Gasteiger partial charge on any atom is -0.481 e. The average molecular weight is 183 g/mol. The lowest BCUT2D eigenvalue weighted by molar-refractivity contribution is -0.144. The molecule has 0 saturated heterocycles. The van der Waals surface area contributed by atoms with Crippen molar-refractivity contribution < 1.29 is 9.90 Å². The standard InChI is InChI=1S/C10H17NO2/c1-2-11-9-7-4-3-6(5-7)8(9)10(12)13/h6-9,11H,2-5H2,1H3,(H,12,13). The van der Waals surface area contributed by atoms with Gasteiger partial charge in [-0.3, -0.25) is 4.79 Å². The molecule has 2 N–H and O–H groups in total. The van der Waals surface area contributed by atoms with Gasteiger partial charge in [0.05, 0.1) is 5.92 Å². The summed E-state index contributed by atoms with van der Waals surface area (Å²) in [6.45, 7) is 2.93. The molecule has 0 aromatic rings. The van der Waals surface area contributed by atoms with Crippen LogP contribution in [0.4, 0.5) is 0 Å². The maximum Gasteiger partial charge on any atom is 0.308 e. The molecule has 3 heteroatoms. The molecule has 0 aromatic carbocycles. The summed E-state index contributed by atoms with van der Waals surface area (Å²) in [7, 11) is 0. The van der Waals surface area contributed by atoms with Crippen LogP contribution in [0.3, 0.4) is 0 Å². The fraction of sp³-hybridized carbons (Fsp3) is 0.900. The van der Waals surface area contributed by atoms with Crippen LogP contribution < -0.4 is 5.32 Å². The van der Waals surface area contributed by atoms with E-state index in [1.807, 2.05) is 6.92 Å². The third-order valence-corrected chi connectivity index (χ3v) is 3.64. The van der Waals surface area contributed by atoms with Gasteiger partial charge in [-0.05, 0) is 37.6 Å². The highest BCUT2D eigenvalue weighted by atomic mass is 16.4. The zero-order chi connectivity index (χ0) is 9.42. The predicted octanol–water partition coefficient (Wildman–Crippen LogP) is 1.10. The summed E-state index contributed by atoms with van der Waals surface area (Å²) in [4.78, 5) is 11.0. The van der Waals surface area contributed by atoms with Gasteiger partial charge in [-0.2, -0.15) is 0 Å². The van der Waals surface area contributed by atoms with Gasteiger partial charge in [0, 0.05) is 6.04 Å². The minimum absolute atomic E-state index is 0.112. The fourth-order valence-corrected chi connectivity index (χ4v) is 3.18.